The van der Waals surface area contributed by atoms with Crippen LogP contribution in [0.2, 0.25) is 0 Å². The maximum Gasteiger partial charge on any atom is 0.264 e. The summed E-state index contributed by atoms with van der Waals surface area (Å²) in [6.45, 7) is 9.58. The third kappa shape index (κ3) is 6.16. The molecule has 0 saturated carbocycles. The van der Waals surface area contributed by atoms with E-state index in [2.05, 4.69) is 34.1 Å². The van der Waals surface area contributed by atoms with E-state index >= 15 is 0 Å². The van der Waals surface area contributed by atoms with E-state index in [4.69, 9.17) is 9.97 Å². The molecule has 3 aromatic carbocycles. The smallest absolute Gasteiger partial charge is 0.264 e. The number of rotatable bonds is 9. The Bertz CT molecular complexity index is 1930. The van der Waals surface area contributed by atoms with Gasteiger partial charge < -0.3 is 4.57 Å². The average Bonchev–Trinajstić information content (AvgIpc) is 3.65. The summed E-state index contributed by atoms with van der Waals surface area (Å²) in [5, 5.41) is 0. The summed E-state index contributed by atoms with van der Waals surface area (Å²) in [5.41, 5.74) is 7.57. The van der Waals surface area contributed by atoms with Gasteiger partial charge in [-0.05, 0) is 92.4 Å². The summed E-state index contributed by atoms with van der Waals surface area (Å²) in [6, 6.07) is 23.8. The van der Waals surface area contributed by atoms with Crippen LogP contribution in [0.25, 0.3) is 22.3 Å². The zero-order valence-corrected chi connectivity index (χ0v) is 26.2. The normalized spacial score (nSPS) is 13.9. The van der Waals surface area contributed by atoms with Crippen molar-refractivity contribution < 1.29 is 13.2 Å². The molecule has 1 saturated heterocycles. The summed E-state index contributed by atoms with van der Waals surface area (Å²) >= 11 is 0. The topological polar surface area (TPSA) is 97.2 Å². The summed E-state index contributed by atoms with van der Waals surface area (Å²) in [6.07, 6.45) is 3.13. The molecule has 1 amide bonds. The molecule has 1 aliphatic heterocycles. The molecule has 0 atom stereocenters. The molecule has 0 unspecified atom stereocenters. The van der Waals surface area contributed by atoms with Crippen LogP contribution < -0.4 is 4.72 Å². The number of nitrogens with one attached hydrogen (secondary N) is 1. The van der Waals surface area contributed by atoms with Gasteiger partial charge in [0, 0.05) is 29.8 Å². The molecular formula is C35H37N5O3S. The maximum atomic E-state index is 13.6. The Hall–Kier alpha value is -4.34. The van der Waals surface area contributed by atoms with Gasteiger partial charge in [0.15, 0.2) is 5.65 Å². The number of benzene rings is 3. The molecule has 3 heterocycles. The van der Waals surface area contributed by atoms with E-state index in [9.17, 15) is 13.2 Å². The van der Waals surface area contributed by atoms with Gasteiger partial charge in [0.05, 0.1) is 11.4 Å². The van der Waals surface area contributed by atoms with Crippen molar-refractivity contribution in [3.8, 4) is 11.1 Å². The van der Waals surface area contributed by atoms with Crippen molar-refractivity contribution in [2.45, 2.75) is 58.0 Å². The van der Waals surface area contributed by atoms with Crippen molar-refractivity contribution in [1.82, 2.24) is 24.2 Å². The number of nitrogens with zero attached hydrogens (tertiary/aromatic N) is 4. The molecule has 44 heavy (non-hydrogen) atoms. The van der Waals surface area contributed by atoms with Gasteiger partial charge in [0.2, 0.25) is 0 Å². The maximum absolute atomic E-state index is 13.6. The highest BCUT2D eigenvalue weighted by Gasteiger charge is 2.24. The summed E-state index contributed by atoms with van der Waals surface area (Å²) in [4.78, 5) is 25.0. The van der Waals surface area contributed by atoms with Gasteiger partial charge >= 0.3 is 0 Å². The van der Waals surface area contributed by atoms with E-state index in [1.165, 1.54) is 12.8 Å². The molecule has 2 aromatic heterocycles. The first kappa shape index (κ1) is 29.7. The Morgan fingerprint density at radius 1 is 0.864 bits per heavy atom. The predicted octanol–water partition coefficient (Wildman–Crippen LogP) is 6.04. The lowest BCUT2D eigenvalue weighted by Crippen LogP contribution is -2.31. The molecule has 1 fully saturated rings. The van der Waals surface area contributed by atoms with E-state index in [1.54, 1.807) is 36.4 Å². The third-order valence-corrected chi connectivity index (χ3v) is 9.61. The Labute approximate surface area is 258 Å². The number of hydrogen-bond acceptors (Lipinski definition) is 6. The number of hydrogen-bond donors (Lipinski definition) is 1. The first-order chi connectivity index (χ1) is 21.2. The van der Waals surface area contributed by atoms with Gasteiger partial charge in [-0.1, -0.05) is 55.5 Å². The number of imidazole rings is 1. The lowest BCUT2D eigenvalue weighted by molar-refractivity contribution is 0.0981. The lowest BCUT2D eigenvalue weighted by Gasteiger charge is -2.18. The van der Waals surface area contributed by atoms with Gasteiger partial charge in [0.1, 0.15) is 11.3 Å². The van der Waals surface area contributed by atoms with E-state index in [0.29, 0.717) is 12.1 Å². The van der Waals surface area contributed by atoms with Gasteiger partial charge in [0.25, 0.3) is 15.9 Å². The number of sulfonamides is 1. The first-order valence-corrected chi connectivity index (χ1v) is 16.6. The van der Waals surface area contributed by atoms with Gasteiger partial charge in [-0.25, -0.2) is 23.1 Å². The minimum Gasteiger partial charge on any atom is -0.308 e. The highest BCUT2D eigenvalue weighted by atomic mass is 32.2. The quantitative estimate of drug-likeness (QED) is 0.220. The second kappa shape index (κ2) is 12.3. The Kier molecular flexibility index (Phi) is 8.33. The van der Waals surface area contributed by atoms with E-state index < -0.39 is 15.9 Å². The second-order valence-electron chi connectivity index (χ2n) is 11.5. The van der Waals surface area contributed by atoms with E-state index in [1.807, 2.05) is 43.3 Å². The fourth-order valence-electron chi connectivity index (χ4n) is 6.02. The predicted molar refractivity (Wildman–Crippen MR) is 173 cm³/mol. The molecule has 1 aliphatic rings. The molecule has 8 nitrogen and oxygen atoms in total. The number of amides is 1. The largest absolute Gasteiger partial charge is 0.308 e. The highest BCUT2D eigenvalue weighted by molar-refractivity contribution is 7.90. The van der Waals surface area contributed by atoms with Crippen LogP contribution in [0.3, 0.4) is 0 Å². The number of pyridine rings is 1. The minimum absolute atomic E-state index is 0.0729. The van der Waals surface area contributed by atoms with Crippen molar-refractivity contribution in [2.75, 3.05) is 13.1 Å². The summed E-state index contributed by atoms with van der Waals surface area (Å²) in [7, 11) is -4.16. The fourth-order valence-corrected chi connectivity index (χ4v) is 7.20. The van der Waals surface area contributed by atoms with Crippen LogP contribution in [-0.2, 0) is 29.5 Å². The zero-order valence-electron chi connectivity index (χ0n) is 25.4. The number of aryl methyl sites for hydroxylation is 3. The van der Waals surface area contributed by atoms with Crippen molar-refractivity contribution in [1.29, 1.82) is 0 Å². The van der Waals surface area contributed by atoms with Gasteiger partial charge in [-0.15, -0.1) is 0 Å². The summed E-state index contributed by atoms with van der Waals surface area (Å²) in [5.74, 6) is 0.314. The van der Waals surface area contributed by atoms with Crippen LogP contribution in [0.4, 0.5) is 0 Å². The molecule has 0 radical (unpaired) electrons. The van der Waals surface area contributed by atoms with Crippen LogP contribution in [-0.4, -0.2) is 46.8 Å². The van der Waals surface area contributed by atoms with Crippen LogP contribution in [0.5, 0.6) is 0 Å². The molecule has 6 rings (SSSR count). The second-order valence-corrected chi connectivity index (χ2v) is 13.2. The Morgan fingerprint density at radius 3 is 2.27 bits per heavy atom. The molecule has 9 heteroatoms. The molecule has 226 valence electrons. The van der Waals surface area contributed by atoms with Crippen molar-refractivity contribution in [3.63, 3.8) is 0 Å². The molecule has 5 aromatic rings. The SMILES string of the molecule is CCc1nc2c(C)cc(C)nc2n1Cc1ccc(-c2cc(CN3CCCC3)ccc2S(=O)(=O)NC(=O)c2ccccc2)cc1. The van der Waals surface area contributed by atoms with Crippen molar-refractivity contribution in [3.05, 3.63) is 113 Å². The number of aromatic nitrogens is 3. The number of carbonyl (C=O) groups excluding carboxylic acids is 1. The minimum atomic E-state index is -4.16. The van der Waals surface area contributed by atoms with Crippen LogP contribution in [0.1, 0.15) is 58.3 Å². The van der Waals surface area contributed by atoms with Crippen molar-refractivity contribution in [2.24, 2.45) is 0 Å². The molecule has 1 N–H and O–H groups in total. The standard InChI is InChI=1S/C35H37N5O3S/c1-4-32-37-33-24(2)20-25(3)36-34(33)40(32)23-26-12-15-28(16-13-26)30-21-27(22-39-18-8-9-19-39)14-17-31(30)44(42,43)38-35(41)29-10-6-5-7-11-29/h5-7,10-17,20-21H,4,8-9,18-19,22-23H2,1-3H3,(H,38,41). The van der Waals surface area contributed by atoms with Gasteiger partial charge in [-0.2, -0.15) is 0 Å². The molecular weight excluding hydrogens is 570 g/mol. The fraction of sp³-hybridized carbons (Fsp3) is 0.286. The highest BCUT2D eigenvalue weighted by Crippen LogP contribution is 2.31. The van der Waals surface area contributed by atoms with E-state index in [0.717, 1.165) is 71.0 Å². The lowest BCUT2D eigenvalue weighted by atomic mass is 10.0. The first-order valence-electron chi connectivity index (χ1n) is 15.1. The van der Waals surface area contributed by atoms with Crippen LogP contribution in [0, 0.1) is 13.8 Å². The van der Waals surface area contributed by atoms with E-state index in [-0.39, 0.29) is 10.5 Å². The monoisotopic (exact) mass is 607 g/mol. The molecule has 0 bridgehead atoms. The van der Waals surface area contributed by atoms with Gasteiger partial charge in [-0.3, -0.25) is 9.69 Å². The Balaban J connectivity index is 1.35. The number of likely N-dealkylation sites (tertiary alicyclic amines) is 1. The molecule has 0 spiro atoms. The third-order valence-electron chi connectivity index (χ3n) is 8.22. The summed E-state index contributed by atoms with van der Waals surface area (Å²) < 4.78 is 31.7. The van der Waals surface area contributed by atoms with Crippen molar-refractivity contribution >= 4 is 27.1 Å². The Morgan fingerprint density at radius 2 is 1.57 bits per heavy atom. The number of fused-ring (bicyclic) bond motifs is 1. The van der Waals surface area contributed by atoms with Crippen LogP contribution >= 0.6 is 0 Å². The number of carbonyl (C=O) groups is 1. The molecule has 0 aliphatic carbocycles. The zero-order chi connectivity index (χ0) is 30.8. The van der Waals surface area contributed by atoms with Crippen LogP contribution in [0.15, 0.2) is 83.8 Å². The average molecular weight is 608 g/mol.